The average Bonchev–Trinajstić information content (AvgIpc) is 3.54. The second-order valence-corrected chi connectivity index (χ2v) is 8.12. The van der Waals surface area contributed by atoms with E-state index in [2.05, 4.69) is 27.3 Å². The first-order valence-electron chi connectivity index (χ1n) is 10.3. The molecule has 1 N–H and O–H groups in total. The standard InChI is InChI=1S/C24H23FN4O/c1-16-15-19(10-13-26-16)29-14-2-3-20-21(29)8-9-22(27-20)24(11-12-24)28-23(30)17-4-6-18(25)7-5-17/h4-10,13,15H,2-3,11-12,14H2,1H3,(H,28,30). The number of pyridine rings is 2. The Bertz CT molecular complexity index is 1110. The van der Waals surface area contributed by atoms with Gasteiger partial charge < -0.3 is 10.2 Å². The average molecular weight is 402 g/mol. The highest BCUT2D eigenvalue weighted by Crippen LogP contribution is 2.46. The molecule has 0 atom stereocenters. The molecule has 0 bridgehead atoms. The molecule has 2 aliphatic rings. The van der Waals surface area contributed by atoms with Crippen LogP contribution in [0.15, 0.2) is 54.7 Å². The molecule has 3 aromatic rings. The number of nitrogens with zero attached hydrogens (tertiary/aromatic N) is 3. The second kappa shape index (κ2) is 7.20. The van der Waals surface area contributed by atoms with Gasteiger partial charge in [0, 0.05) is 29.7 Å². The molecular formula is C24H23FN4O. The zero-order valence-electron chi connectivity index (χ0n) is 16.9. The van der Waals surface area contributed by atoms with Crippen molar-refractivity contribution in [1.82, 2.24) is 15.3 Å². The molecule has 1 saturated carbocycles. The summed E-state index contributed by atoms with van der Waals surface area (Å²) >= 11 is 0. The van der Waals surface area contributed by atoms with Crippen LogP contribution in [-0.2, 0) is 12.0 Å². The number of amides is 1. The predicted molar refractivity (Wildman–Crippen MR) is 113 cm³/mol. The fourth-order valence-electron chi connectivity index (χ4n) is 4.14. The van der Waals surface area contributed by atoms with Gasteiger partial charge in [-0.2, -0.15) is 0 Å². The Morgan fingerprint density at radius 3 is 2.67 bits per heavy atom. The van der Waals surface area contributed by atoms with Crippen LogP contribution in [0.5, 0.6) is 0 Å². The van der Waals surface area contributed by atoms with Crippen LogP contribution in [0, 0.1) is 12.7 Å². The Balaban J connectivity index is 1.41. The summed E-state index contributed by atoms with van der Waals surface area (Å²) in [6, 6.07) is 13.9. The minimum Gasteiger partial charge on any atom is -0.341 e. The van der Waals surface area contributed by atoms with E-state index in [0.717, 1.165) is 60.7 Å². The zero-order chi connectivity index (χ0) is 20.7. The fourth-order valence-corrected chi connectivity index (χ4v) is 4.14. The third-order valence-corrected chi connectivity index (χ3v) is 5.93. The number of halogens is 1. The number of carbonyl (C=O) groups is 1. The van der Waals surface area contributed by atoms with Gasteiger partial charge in [-0.15, -0.1) is 0 Å². The van der Waals surface area contributed by atoms with E-state index in [0.29, 0.717) is 5.56 Å². The molecule has 1 aromatic carbocycles. The van der Waals surface area contributed by atoms with Crippen LogP contribution in [-0.4, -0.2) is 22.4 Å². The molecule has 1 aliphatic carbocycles. The van der Waals surface area contributed by atoms with Gasteiger partial charge in [0.05, 0.1) is 22.6 Å². The fraction of sp³-hybridized carbons (Fsp3) is 0.292. The minimum absolute atomic E-state index is 0.194. The van der Waals surface area contributed by atoms with Gasteiger partial charge >= 0.3 is 0 Å². The van der Waals surface area contributed by atoms with E-state index < -0.39 is 5.54 Å². The molecule has 0 unspecified atom stereocenters. The summed E-state index contributed by atoms with van der Waals surface area (Å²) in [7, 11) is 0. The number of carbonyl (C=O) groups excluding carboxylic acids is 1. The van der Waals surface area contributed by atoms with Crippen molar-refractivity contribution in [2.75, 3.05) is 11.4 Å². The molecule has 0 radical (unpaired) electrons. The van der Waals surface area contributed by atoms with Crippen molar-refractivity contribution in [2.24, 2.45) is 0 Å². The van der Waals surface area contributed by atoms with Crippen LogP contribution in [0.1, 0.15) is 46.7 Å². The van der Waals surface area contributed by atoms with Gasteiger partial charge in [-0.25, -0.2) is 4.39 Å². The Labute approximate surface area is 175 Å². The van der Waals surface area contributed by atoms with Gasteiger partial charge in [-0.1, -0.05) is 0 Å². The zero-order valence-corrected chi connectivity index (χ0v) is 16.9. The molecule has 1 fully saturated rings. The first kappa shape index (κ1) is 18.7. The highest BCUT2D eigenvalue weighted by Gasteiger charge is 2.47. The monoisotopic (exact) mass is 402 g/mol. The molecule has 2 aromatic heterocycles. The Hall–Kier alpha value is -3.28. The number of anilines is 2. The second-order valence-electron chi connectivity index (χ2n) is 8.12. The van der Waals surface area contributed by atoms with Gasteiger partial charge in [0.25, 0.3) is 5.91 Å². The van der Waals surface area contributed by atoms with E-state index in [1.807, 2.05) is 25.3 Å². The normalized spacial score (nSPS) is 16.7. The molecule has 5 rings (SSSR count). The van der Waals surface area contributed by atoms with Crippen molar-refractivity contribution in [3.63, 3.8) is 0 Å². The van der Waals surface area contributed by atoms with Gasteiger partial charge in [-0.05, 0) is 81.1 Å². The van der Waals surface area contributed by atoms with Crippen molar-refractivity contribution in [3.05, 3.63) is 83.2 Å². The van der Waals surface area contributed by atoms with Crippen molar-refractivity contribution < 1.29 is 9.18 Å². The molecule has 0 saturated heterocycles. The maximum Gasteiger partial charge on any atom is 0.252 e. The van der Waals surface area contributed by atoms with Gasteiger partial charge in [0.2, 0.25) is 0 Å². The maximum absolute atomic E-state index is 13.2. The lowest BCUT2D eigenvalue weighted by molar-refractivity contribution is 0.0929. The van der Waals surface area contributed by atoms with Crippen molar-refractivity contribution in [3.8, 4) is 0 Å². The van der Waals surface area contributed by atoms with E-state index in [1.54, 1.807) is 0 Å². The smallest absolute Gasteiger partial charge is 0.252 e. The topological polar surface area (TPSA) is 58.1 Å². The molecule has 1 aliphatic heterocycles. The molecule has 5 nitrogen and oxygen atoms in total. The highest BCUT2D eigenvalue weighted by atomic mass is 19.1. The number of hydrogen-bond donors (Lipinski definition) is 1. The molecule has 0 spiro atoms. The van der Waals surface area contributed by atoms with Gasteiger partial charge in [0.1, 0.15) is 5.82 Å². The van der Waals surface area contributed by atoms with E-state index >= 15 is 0 Å². The summed E-state index contributed by atoms with van der Waals surface area (Å²) in [6.07, 6.45) is 5.51. The first-order valence-corrected chi connectivity index (χ1v) is 10.3. The van der Waals surface area contributed by atoms with Crippen molar-refractivity contribution in [1.29, 1.82) is 0 Å². The van der Waals surface area contributed by atoms with Crippen LogP contribution >= 0.6 is 0 Å². The first-order chi connectivity index (χ1) is 14.5. The van der Waals surface area contributed by atoms with Crippen LogP contribution in [0.3, 0.4) is 0 Å². The Kier molecular flexibility index (Phi) is 4.50. The number of benzene rings is 1. The molecule has 152 valence electrons. The number of fused-ring (bicyclic) bond motifs is 1. The lowest BCUT2D eigenvalue weighted by atomic mass is 10.0. The van der Waals surface area contributed by atoms with Gasteiger partial charge in [-0.3, -0.25) is 14.8 Å². The van der Waals surface area contributed by atoms with Crippen LogP contribution < -0.4 is 10.2 Å². The Morgan fingerprint density at radius 1 is 1.13 bits per heavy atom. The number of aryl methyl sites for hydroxylation is 2. The van der Waals surface area contributed by atoms with E-state index in [-0.39, 0.29) is 11.7 Å². The minimum atomic E-state index is -0.421. The van der Waals surface area contributed by atoms with Crippen molar-refractivity contribution >= 4 is 17.3 Å². The van der Waals surface area contributed by atoms with Crippen LogP contribution in [0.4, 0.5) is 15.8 Å². The molecule has 3 heterocycles. The predicted octanol–water partition coefficient (Wildman–Crippen LogP) is 4.43. The number of rotatable bonds is 4. The lowest BCUT2D eigenvalue weighted by Gasteiger charge is -2.31. The molecule has 6 heteroatoms. The quantitative estimate of drug-likeness (QED) is 0.702. The third-order valence-electron chi connectivity index (χ3n) is 5.93. The molecular weight excluding hydrogens is 379 g/mol. The van der Waals surface area contributed by atoms with Crippen LogP contribution in [0.25, 0.3) is 0 Å². The maximum atomic E-state index is 13.2. The van der Waals surface area contributed by atoms with Crippen LogP contribution in [0.2, 0.25) is 0 Å². The van der Waals surface area contributed by atoms with E-state index in [9.17, 15) is 9.18 Å². The number of hydrogen-bond acceptors (Lipinski definition) is 4. The van der Waals surface area contributed by atoms with Gasteiger partial charge in [0.15, 0.2) is 0 Å². The summed E-state index contributed by atoms with van der Waals surface area (Å²) in [5.74, 6) is -0.543. The SMILES string of the molecule is Cc1cc(N2CCCc3nc(C4(NC(=O)c5ccc(F)cc5)CC4)ccc32)ccn1. The van der Waals surface area contributed by atoms with Crippen molar-refractivity contribution in [2.45, 2.75) is 38.1 Å². The third kappa shape index (κ3) is 3.43. The summed E-state index contributed by atoms with van der Waals surface area (Å²) in [6.45, 7) is 2.94. The Morgan fingerprint density at radius 2 is 1.93 bits per heavy atom. The number of nitrogens with one attached hydrogen (secondary N) is 1. The largest absolute Gasteiger partial charge is 0.341 e. The molecule has 1 amide bonds. The lowest BCUT2D eigenvalue weighted by Crippen LogP contribution is -2.36. The summed E-state index contributed by atoms with van der Waals surface area (Å²) < 4.78 is 13.2. The summed E-state index contributed by atoms with van der Waals surface area (Å²) in [4.78, 5) is 24.2. The summed E-state index contributed by atoms with van der Waals surface area (Å²) in [5, 5.41) is 3.13. The number of aromatic nitrogens is 2. The molecule has 30 heavy (non-hydrogen) atoms. The van der Waals surface area contributed by atoms with E-state index in [4.69, 9.17) is 4.98 Å². The van der Waals surface area contributed by atoms with E-state index in [1.165, 1.54) is 24.3 Å². The summed E-state index contributed by atoms with van der Waals surface area (Å²) in [5.41, 5.74) is 5.25. The highest BCUT2D eigenvalue weighted by molar-refractivity contribution is 5.95.